The Morgan fingerprint density at radius 1 is 0.909 bits per heavy atom. The maximum Gasteiger partial charge on any atom is 0.251 e. The third-order valence-corrected chi connectivity index (χ3v) is 8.25. The quantitative estimate of drug-likeness (QED) is 0.205. The molecular weight excluding hydrogens is 552 g/mol. The number of carbonyl (C=O) groups excluding carboxylic acids is 2. The number of amides is 1. The van der Waals surface area contributed by atoms with Gasteiger partial charge < -0.3 is 15.4 Å². The molecule has 0 bridgehead atoms. The van der Waals surface area contributed by atoms with Crippen LogP contribution in [0.3, 0.4) is 0 Å². The van der Waals surface area contributed by atoms with E-state index in [-0.39, 0.29) is 23.3 Å². The van der Waals surface area contributed by atoms with Crippen molar-refractivity contribution in [2.75, 3.05) is 13.1 Å². The van der Waals surface area contributed by atoms with Crippen molar-refractivity contribution in [3.8, 4) is 28.3 Å². The summed E-state index contributed by atoms with van der Waals surface area (Å²) in [7, 11) is 0. The minimum atomic E-state index is -0.232. The summed E-state index contributed by atoms with van der Waals surface area (Å²) in [6.45, 7) is 2.55. The monoisotopic (exact) mass is 582 g/mol. The van der Waals surface area contributed by atoms with Crippen molar-refractivity contribution >= 4 is 34.3 Å². The Morgan fingerprint density at radius 3 is 2.41 bits per heavy atom. The summed E-state index contributed by atoms with van der Waals surface area (Å²) in [5.41, 5.74) is 8.99. The molecule has 0 aliphatic carbocycles. The number of benzene rings is 4. The van der Waals surface area contributed by atoms with Gasteiger partial charge in [-0.2, -0.15) is 0 Å². The second-order valence-electron chi connectivity index (χ2n) is 11.2. The van der Waals surface area contributed by atoms with E-state index in [1.807, 2.05) is 30.3 Å². The normalized spacial score (nSPS) is 14.2. The molecular formula is C35H30N6O3. The van der Waals surface area contributed by atoms with Crippen LogP contribution in [0.5, 0.6) is 5.75 Å². The highest BCUT2D eigenvalue weighted by Crippen LogP contribution is 2.32. The molecule has 0 unspecified atom stereocenters. The first-order chi connectivity index (χ1) is 21.5. The molecule has 3 N–H and O–H groups in total. The fourth-order valence-corrected chi connectivity index (χ4v) is 5.83. The van der Waals surface area contributed by atoms with Crippen molar-refractivity contribution < 1.29 is 14.7 Å². The van der Waals surface area contributed by atoms with Gasteiger partial charge in [-0.25, -0.2) is 15.0 Å². The van der Waals surface area contributed by atoms with Crippen LogP contribution >= 0.6 is 0 Å². The number of nitrogens with zero attached hydrogens (tertiary/aromatic N) is 4. The molecule has 44 heavy (non-hydrogen) atoms. The minimum Gasteiger partial charge on any atom is -0.507 e. The number of H-pyrrole nitrogens is 1. The van der Waals surface area contributed by atoms with E-state index >= 15 is 0 Å². The lowest BCUT2D eigenvalue weighted by molar-refractivity contribution is 0.0909. The lowest BCUT2D eigenvalue weighted by atomic mass is 10.0. The summed E-state index contributed by atoms with van der Waals surface area (Å²) in [6, 6.07) is 27.1. The molecule has 9 nitrogen and oxygen atoms in total. The van der Waals surface area contributed by atoms with Crippen molar-refractivity contribution in [2.24, 2.45) is 0 Å². The fraction of sp³-hybridized carbons (Fsp3) is 0.171. The predicted octanol–water partition coefficient (Wildman–Crippen LogP) is 5.75. The Balaban J connectivity index is 1.05. The zero-order valence-corrected chi connectivity index (χ0v) is 23.9. The number of carbonyl (C=O) groups is 2. The highest BCUT2D eigenvalue weighted by atomic mass is 16.3. The predicted molar refractivity (Wildman–Crippen MR) is 169 cm³/mol. The summed E-state index contributed by atoms with van der Waals surface area (Å²) in [5, 5.41) is 12.8. The van der Waals surface area contributed by atoms with Crippen molar-refractivity contribution in [1.29, 1.82) is 0 Å². The van der Waals surface area contributed by atoms with Crippen molar-refractivity contribution in [2.45, 2.75) is 25.4 Å². The molecule has 0 saturated carbocycles. The zero-order valence-electron chi connectivity index (χ0n) is 23.9. The number of fused-ring (bicyclic) bond motifs is 2. The largest absolute Gasteiger partial charge is 0.507 e. The van der Waals surface area contributed by atoms with Gasteiger partial charge in [0, 0.05) is 42.4 Å². The summed E-state index contributed by atoms with van der Waals surface area (Å²) in [6.07, 6.45) is 3.79. The third kappa shape index (κ3) is 5.52. The Labute approximate surface area is 253 Å². The van der Waals surface area contributed by atoms with E-state index in [2.05, 4.69) is 61.6 Å². The minimum absolute atomic E-state index is 0.0579. The fourth-order valence-electron chi connectivity index (χ4n) is 5.83. The van der Waals surface area contributed by atoms with Gasteiger partial charge in [-0.1, -0.05) is 54.6 Å². The first-order valence-electron chi connectivity index (χ1n) is 14.6. The van der Waals surface area contributed by atoms with Gasteiger partial charge in [0.25, 0.3) is 5.91 Å². The van der Waals surface area contributed by atoms with E-state index in [9.17, 15) is 14.7 Å². The van der Waals surface area contributed by atoms with Gasteiger partial charge in [-0.15, -0.1) is 0 Å². The Morgan fingerprint density at radius 2 is 1.66 bits per heavy atom. The van der Waals surface area contributed by atoms with Crippen LogP contribution in [0.25, 0.3) is 44.6 Å². The van der Waals surface area contributed by atoms with Gasteiger partial charge in [0.1, 0.15) is 12.1 Å². The molecule has 0 atom stereocenters. The van der Waals surface area contributed by atoms with Gasteiger partial charge in [0.05, 0.1) is 39.0 Å². The van der Waals surface area contributed by atoms with Crippen LogP contribution in [-0.4, -0.2) is 61.3 Å². The van der Waals surface area contributed by atoms with E-state index in [1.165, 1.54) is 23.8 Å². The summed E-state index contributed by atoms with van der Waals surface area (Å²) < 4.78 is 0. The molecule has 9 heteroatoms. The second-order valence-corrected chi connectivity index (χ2v) is 11.2. The number of aldehydes is 1. The van der Waals surface area contributed by atoms with E-state index in [0.29, 0.717) is 11.8 Å². The standard InChI is InChI=1S/C35H30N6O3/c42-20-26-16-25(10-11-32(26)43)35(44)38-27-12-14-41(15-13-27)19-22-6-8-24(9-7-22)34-33(23-4-2-1-3-5-23)39-30-17-28-29(37-21-36-28)18-31(30)40-34/h1-11,16-18,20-21,27,40,43H,12-15,19H2,(H,38,44). The molecule has 2 aromatic heterocycles. The highest BCUT2D eigenvalue weighted by Gasteiger charge is 2.22. The van der Waals surface area contributed by atoms with E-state index in [4.69, 9.17) is 4.98 Å². The molecule has 1 saturated heterocycles. The molecule has 218 valence electrons. The number of nitrogens with one attached hydrogen (secondary N) is 2. The van der Waals surface area contributed by atoms with E-state index in [0.717, 1.165) is 77.1 Å². The molecule has 0 spiro atoms. The number of phenolic OH excluding ortho intramolecular Hbond substituents is 1. The number of aromatic amines is 1. The van der Waals surface area contributed by atoms with Crippen molar-refractivity contribution in [3.63, 3.8) is 0 Å². The molecule has 6 aromatic rings. The van der Waals surface area contributed by atoms with Crippen LogP contribution in [-0.2, 0) is 6.54 Å². The maximum absolute atomic E-state index is 12.7. The molecule has 3 heterocycles. The number of aromatic nitrogens is 4. The number of hydrogen-bond acceptors (Lipinski definition) is 7. The average molecular weight is 583 g/mol. The van der Waals surface area contributed by atoms with Gasteiger partial charge in [0.2, 0.25) is 0 Å². The number of piperidine rings is 1. The third-order valence-electron chi connectivity index (χ3n) is 8.25. The SMILES string of the molecule is O=Cc1cc(C(=O)NC2CCN(Cc3ccc(-c4[nH]c5cc6ncnc6cc5nc4-c4ccccc4)cc3)CC2)ccc1O. The van der Waals surface area contributed by atoms with E-state index < -0.39 is 0 Å². The molecule has 1 amide bonds. The Bertz CT molecular complexity index is 1980. The van der Waals surface area contributed by atoms with Crippen LogP contribution in [0, 0.1) is 0 Å². The molecule has 7 rings (SSSR count). The topological polar surface area (TPSA) is 124 Å². The molecule has 1 aliphatic heterocycles. The van der Waals surface area contributed by atoms with E-state index in [1.54, 1.807) is 6.33 Å². The number of phenols is 1. The first kappa shape index (κ1) is 27.4. The van der Waals surface area contributed by atoms with Gasteiger partial charge in [-0.3, -0.25) is 14.5 Å². The maximum atomic E-state index is 12.7. The average Bonchev–Trinajstić information content (AvgIpc) is 3.52. The number of rotatable bonds is 7. The van der Waals surface area contributed by atoms with Crippen LogP contribution < -0.4 is 5.32 Å². The van der Waals surface area contributed by atoms with Gasteiger partial charge in [0.15, 0.2) is 6.29 Å². The van der Waals surface area contributed by atoms with Gasteiger partial charge in [-0.05, 0) is 48.7 Å². The number of imidazole rings is 1. The molecule has 1 aliphatic rings. The number of aromatic hydroxyl groups is 1. The van der Waals surface area contributed by atoms with Crippen LogP contribution in [0.1, 0.15) is 39.1 Å². The van der Waals surface area contributed by atoms with Crippen LogP contribution in [0.4, 0.5) is 0 Å². The first-order valence-corrected chi connectivity index (χ1v) is 14.6. The summed E-state index contributed by atoms with van der Waals surface area (Å²) in [4.78, 5) is 43.6. The number of hydrogen-bond donors (Lipinski definition) is 3. The Hall–Kier alpha value is -5.41. The lowest BCUT2D eigenvalue weighted by Crippen LogP contribution is -2.44. The summed E-state index contributed by atoms with van der Waals surface area (Å²) >= 11 is 0. The number of likely N-dealkylation sites (tertiary alicyclic amines) is 1. The van der Waals surface area contributed by atoms with Crippen molar-refractivity contribution in [1.82, 2.24) is 30.2 Å². The Kier molecular flexibility index (Phi) is 7.29. The highest BCUT2D eigenvalue weighted by molar-refractivity contribution is 5.97. The molecule has 0 radical (unpaired) electrons. The van der Waals surface area contributed by atoms with Crippen LogP contribution in [0.15, 0.2) is 91.3 Å². The molecule has 1 fully saturated rings. The smallest absolute Gasteiger partial charge is 0.251 e. The molecule has 4 aromatic carbocycles. The second kappa shape index (κ2) is 11.7. The van der Waals surface area contributed by atoms with Crippen LogP contribution in [0.2, 0.25) is 0 Å². The van der Waals surface area contributed by atoms with Crippen molar-refractivity contribution in [3.05, 3.63) is 108 Å². The summed E-state index contributed by atoms with van der Waals surface area (Å²) in [5.74, 6) is -0.361. The lowest BCUT2D eigenvalue weighted by Gasteiger charge is -2.32. The van der Waals surface area contributed by atoms with Gasteiger partial charge >= 0.3 is 0 Å². The zero-order chi connectivity index (χ0) is 30.0.